The number of nitrogens with one attached hydrogen (secondary N) is 2. The van der Waals surface area contributed by atoms with E-state index in [0.29, 0.717) is 45.2 Å². The van der Waals surface area contributed by atoms with Crippen molar-refractivity contribution in [2.24, 2.45) is 27.9 Å². The number of primary amides is 1. The minimum Gasteiger partial charge on any atom is -0.459 e. The van der Waals surface area contributed by atoms with Gasteiger partial charge < -0.3 is 38.0 Å². The predicted molar refractivity (Wildman–Crippen MR) is 104 cm³/mol. The maximum absolute atomic E-state index is 12.1. The summed E-state index contributed by atoms with van der Waals surface area (Å²) in [4.78, 5) is 39.2. The Kier molecular flexibility index (Phi) is 10.1. The highest BCUT2D eigenvalue weighted by molar-refractivity contribution is 5.91. The van der Waals surface area contributed by atoms with Crippen molar-refractivity contribution >= 4 is 23.7 Å². The number of nitrogens with zero attached hydrogens (tertiary/aromatic N) is 1. The van der Waals surface area contributed by atoms with Crippen LogP contribution in [0, 0.1) is 0 Å². The van der Waals surface area contributed by atoms with Crippen LogP contribution in [0.15, 0.2) is 27.8 Å². The molecule has 1 heterocycles. The van der Waals surface area contributed by atoms with E-state index in [1.807, 2.05) is 0 Å². The number of furan rings is 1. The highest BCUT2D eigenvalue weighted by atomic mass is 16.3. The molecule has 28 heavy (non-hydrogen) atoms. The fourth-order valence-corrected chi connectivity index (χ4v) is 2.39. The zero-order valence-corrected chi connectivity index (χ0v) is 15.7. The van der Waals surface area contributed by atoms with E-state index in [9.17, 15) is 14.4 Å². The van der Waals surface area contributed by atoms with E-state index in [4.69, 9.17) is 27.4 Å². The monoisotopic (exact) mass is 395 g/mol. The smallest absolute Gasteiger partial charge is 0.286 e. The molecule has 11 nitrogen and oxygen atoms in total. The molecule has 1 aromatic heterocycles. The number of hydrogen-bond donors (Lipinski definition) is 6. The van der Waals surface area contributed by atoms with E-state index in [-0.39, 0.29) is 17.6 Å². The Labute approximate surface area is 163 Å². The SMILES string of the molecule is NC(=O)[C@H](CCCCNC(=O)c1ccco1)NC(=O)[C@@H](N)CCCN=C(N)N. The normalized spacial score (nSPS) is 12.6. The summed E-state index contributed by atoms with van der Waals surface area (Å²) in [6.45, 7) is 0.773. The van der Waals surface area contributed by atoms with Gasteiger partial charge >= 0.3 is 0 Å². The molecular weight excluding hydrogens is 366 g/mol. The molecule has 0 unspecified atom stereocenters. The quantitative estimate of drug-likeness (QED) is 0.133. The highest BCUT2D eigenvalue weighted by Crippen LogP contribution is 2.04. The molecule has 0 bridgehead atoms. The fraction of sp³-hybridized carbons (Fsp3) is 0.529. The van der Waals surface area contributed by atoms with Crippen molar-refractivity contribution in [3.63, 3.8) is 0 Å². The number of guanidine groups is 1. The number of hydrogen-bond acceptors (Lipinski definition) is 6. The average molecular weight is 395 g/mol. The highest BCUT2D eigenvalue weighted by Gasteiger charge is 2.21. The van der Waals surface area contributed by atoms with Crippen molar-refractivity contribution < 1.29 is 18.8 Å². The van der Waals surface area contributed by atoms with Crippen molar-refractivity contribution in [2.45, 2.75) is 44.2 Å². The van der Waals surface area contributed by atoms with Crippen LogP contribution in [0.2, 0.25) is 0 Å². The molecule has 0 aliphatic carbocycles. The Balaban J connectivity index is 2.28. The van der Waals surface area contributed by atoms with Crippen LogP contribution < -0.4 is 33.6 Å². The topological polar surface area (TPSA) is 205 Å². The zero-order chi connectivity index (χ0) is 20.9. The summed E-state index contributed by atoms with van der Waals surface area (Å²) in [7, 11) is 0. The van der Waals surface area contributed by atoms with Gasteiger partial charge in [0.1, 0.15) is 6.04 Å². The minimum absolute atomic E-state index is 0.0211. The third-order valence-corrected chi connectivity index (χ3v) is 3.91. The van der Waals surface area contributed by atoms with Crippen LogP contribution in [0.1, 0.15) is 42.7 Å². The summed E-state index contributed by atoms with van der Waals surface area (Å²) >= 11 is 0. The molecule has 0 fully saturated rings. The first-order valence-electron chi connectivity index (χ1n) is 9.03. The van der Waals surface area contributed by atoms with Crippen molar-refractivity contribution in [3.05, 3.63) is 24.2 Å². The van der Waals surface area contributed by atoms with Gasteiger partial charge in [0.2, 0.25) is 11.8 Å². The summed E-state index contributed by atoms with van der Waals surface area (Å²) in [5, 5.41) is 5.26. The molecule has 0 saturated heterocycles. The minimum atomic E-state index is -0.822. The van der Waals surface area contributed by atoms with Gasteiger partial charge in [-0.15, -0.1) is 0 Å². The van der Waals surface area contributed by atoms with E-state index >= 15 is 0 Å². The van der Waals surface area contributed by atoms with Crippen LogP contribution in [0.3, 0.4) is 0 Å². The number of nitrogens with two attached hydrogens (primary N) is 4. The van der Waals surface area contributed by atoms with Gasteiger partial charge in [-0.1, -0.05) is 0 Å². The third kappa shape index (κ3) is 9.03. The van der Waals surface area contributed by atoms with Crippen LogP contribution in [0.5, 0.6) is 0 Å². The molecule has 0 spiro atoms. The number of amides is 3. The molecule has 1 rings (SSSR count). The van der Waals surface area contributed by atoms with E-state index in [1.54, 1.807) is 12.1 Å². The molecule has 2 atom stereocenters. The van der Waals surface area contributed by atoms with Gasteiger partial charge in [0.15, 0.2) is 11.7 Å². The van der Waals surface area contributed by atoms with Gasteiger partial charge in [-0.25, -0.2) is 0 Å². The third-order valence-electron chi connectivity index (χ3n) is 3.91. The number of aliphatic imine (C=N–C) groups is 1. The summed E-state index contributed by atoms with van der Waals surface area (Å²) < 4.78 is 4.98. The van der Waals surface area contributed by atoms with Gasteiger partial charge in [-0.3, -0.25) is 19.4 Å². The predicted octanol–water partition coefficient (Wildman–Crippen LogP) is -1.47. The molecule has 1 aromatic rings. The van der Waals surface area contributed by atoms with Crippen molar-refractivity contribution in [2.75, 3.05) is 13.1 Å². The Hall–Kier alpha value is -3.08. The number of rotatable bonds is 13. The molecule has 10 N–H and O–H groups in total. The summed E-state index contributed by atoms with van der Waals surface area (Å²) in [5.74, 6) is -1.19. The second kappa shape index (κ2) is 12.3. The lowest BCUT2D eigenvalue weighted by Gasteiger charge is -2.18. The molecule has 0 radical (unpaired) electrons. The molecular formula is C17H29N7O4. The number of carbonyl (C=O) groups excluding carboxylic acids is 3. The van der Waals surface area contributed by atoms with Crippen LogP contribution >= 0.6 is 0 Å². The van der Waals surface area contributed by atoms with Gasteiger partial charge in [0, 0.05) is 13.1 Å². The van der Waals surface area contributed by atoms with Gasteiger partial charge in [-0.05, 0) is 44.2 Å². The van der Waals surface area contributed by atoms with Crippen molar-refractivity contribution in [3.8, 4) is 0 Å². The Bertz CT molecular complexity index is 656. The van der Waals surface area contributed by atoms with Crippen molar-refractivity contribution in [1.82, 2.24) is 10.6 Å². The van der Waals surface area contributed by atoms with Crippen molar-refractivity contribution in [1.29, 1.82) is 0 Å². The summed E-state index contributed by atoms with van der Waals surface area (Å²) in [6, 6.07) is 1.58. The average Bonchev–Trinajstić information content (AvgIpc) is 3.17. The first kappa shape index (κ1) is 23.0. The number of carbonyl (C=O) groups is 3. The van der Waals surface area contributed by atoms with Crippen LogP contribution in [-0.4, -0.2) is 48.9 Å². The first-order chi connectivity index (χ1) is 13.3. The fourth-order valence-electron chi connectivity index (χ4n) is 2.39. The van der Waals surface area contributed by atoms with Gasteiger partial charge in [-0.2, -0.15) is 0 Å². The second-order valence-electron chi connectivity index (χ2n) is 6.25. The van der Waals surface area contributed by atoms with Crippen LogP contribution in [0.25, 0.3) is 0 Å². The molecule has 0 aliphatic rings. The molecule has 0 aromatic carbocycles. The van der Waals surface area contributed by atoms with Gasteiger partial charge in [0.05, 0.1) is 12.3 Å². The Morgan fingerprint density at radius 3 is 2.46 bits per heavy atom. The largest absolute Gasteiger partial charge is 0.459 e. The number of unbranched alkanes of at least 4 members (excludes halogenated alkanes) is 1. The molecule has 156 valence electrons. The Morgan fingerprint density at radius 2 is 1.86 bits per heavy atom. The van der Waals surface area contributed by atoms with E-state index in [1.165, 1.54) is 6.26 Å². The molecule has 0 aliphatic heterocycles. The van der Waals surface area contributed by atoms with E-state index in [2.05, 4.69) is 15.6 Å². The zero-order valence-electron chi connectivity index (χ0n) is 15.7. The molecule has 0 saturated carbocycles. The lowest BCUT2D eigenvalue weighted by atomic mass is 10.1. The van der Waals surface area contributed by atoms with E-state index in [0.717, 1.165) is 0 Å². The lowest BCUT2D eigenvalue weighted by molar-refractivity contribution is -0.128. The maximum atomic E-state index is 12.1. The molecule has 11 heteroatoms. The second-order valence-corrected chi connectivity index (χ2v) is 6.25. The lowest BCUT2D eigenvalue weighted by Crippen LogP contribution is -2.50. The summed E-state index contributed by atoms with van der Waals surface area (Å²) in [6.07, 6.45) is 3.85. The van der Waals surface area contributed by atoms with Gasteiger partial charge in [0.25, 0.3) is 5.91 Å². The summed E-state index contributed by atoms with van der Waals surface area (Å²) in [5.41, 5.74) is 21.6. The standard InChI is InChI=1S/C17H29N7O4/c18-11(5-3-9-23-17(20)21)15(26)24-12(14(19)25)6-1-2-8-22-16(27)13-7-4-10-28-13/h4,7,10-12H,1-3,5-6,8-9,18H2,(H2,19,25)(H,22,27)(H,24,26)(H4,20,21,23)/t11-,12-/m0/s1. The van der Waals surface area contributed by atoms with Crippen LogP contribution in [-0.2, 0) is 9.59 Å². The van der Waals surface area contributed by atoms with E-state index < -0.39 is 23.9 Å². The maximum Gasteiger partial charge on any atom is 0.286 e. The first-order valence-corrected chi connectivity index (χ1v) is 9.03. The molecule has 3 amide bonds. The Morgan fingerprint density at radius 1 is 1.11 bits per heavy atom. The van der Waals surface area contributed by atoms with Crippen LogP contribution in [0.4, 0.5) is 0 Å².